The molecule has 258 valence electrons. The molecule has 4 rings (SSSR count). The number of methoxy groups -OCH3 is 1. The van der Waals surface area contributed by atoms with Crippen molar-refractivity contribution in [3.63, 3.8) is 0 Å². The van der Waals surface area contributed by atoms with Crippen molar-refractivity contribution < 1.29 is 33.4 Å². The monoisotopic (exact) mass is 661 g/mol. The molecule has 1 saturated heterocycles. The fourth-order valence-electron chi connectivity index (χ4n) is 6.04. The third-order valence-corrected chi connectivity index (χ3v) is 8.18. The van der Waals surface area contributed by atoms with Crippen LogP contribution in [0.3, 0.4) is 0 Å². The summed E-state index contributed by atoms with van der Waals surface area (Å²) in [6.07, 6.45) is 1.15. The van der Waals surface area contributed by atoms with Crippen molar-refractivity contribution >= 4 is 35.4 Å². The fraction of sp³-hybridized carbons (Fsp3) is 0.472. The van der Waals surface area contributed by atoms with E-state index in [0.717, 1.165) is 0 Å². The summed E-state index contributed by atoms with van der Waals surface area (Å²) < 4.78 is 10.7. The minimum atomic E-state index is -1.25. The maximum Gasteiger partial charge on any atom is 0.410 e. The first-order valence-electron chi connectivity index (χ1n) is 16.2. The SMILES string of the molecule is COCC(=O)N1C=C(c2ccccc2)N([C@H](C(=O)N2CCN(C(=O)OC(C)(C)C)CC2)C(NC(C)=O)c2ccccc2)C(=O)[C@@H]1C(C)C. The summed E-state index contributed by atoms with van der Waals surface area (Å²) in [7, 11) is 1.41. The predicted molar refractivity (Wildman–Crippen MR) is 180 cm³/mol. The highest BCUT2D eigenvalue weighted by Crippen LogP contribution is 2.36. The van der Waals surface area contributed by atoms with Crippen LogP contribution in [0.25, 0.3) is 5.70 Å². The number of carbonyl (C=O) groups is 5. The highest BCUT2D eigenvalue weighted by molar-refractivity contribution is 6.01. The van der Waals surface area contributed by atoms with Crippen LogP contribution in [0, 0.1) is 5.92 Å². The average Bonchev–Trinajstić information content (AvgIpc) is 3.04. The van der Waals surface area contributed by atoms with Crippen LogP contribution in [-0.2, 0) is 28.7 Å². The smallest absolute Gasteiger partial charge is 0.410 e. The van der Waals surface area contributed by atoms with E-state index in [1.54, 1.807) is 73.2 Å². The van der Waals surface area contributed by atoms with Crippen molar-refractivity contribution in [3.05, 3.63) is 78.0 Å². The minimum absolute atomic E-state index is 0.189. The summed E-state index contributed by atoms with van der Waals surface area (Å²) in [6.45, 7) is 11.0. The molecule has 5 amide bonds. The lowest BCUT2D eigenvalue weighted by Crippen LogP contribution is -2.64. The Kier molecular flexibility index (Phi) is 11.6. The summed E-state index contributed by atoms with van der Waals surface area (Å²) >= 11 is 0. The lowest BCUT2D eigenvalue weighted by atomic mass is 9.90. The maximum absolute atomic E-state index is 14.9. The molecule has 0 saturated carbocycles. The van der Waals surface area contributed by atoms with Crippen LogP contribution in [0.5, 0.6) is 0 Å². The fourth-order valence-corrected chi connectivity index (χ4v) is 6.04. The minimum Gasteiger partial charge on any atom is -0.444 e. The molecule has 2 aliphatic rings. The van der Waals surface area contributed by atoms with Crippen LogP contribution < -0.4 is 5.32 Å². The van der Waals surface area contributed by atoms with Gasteiger partial charge in [-0.05, 0) is 37.8 Å². The van der Waals surface area contributed by atoms with Crippen LogP contribution in [0.4, 0.5) is 4.79 Å². The third-order valence-electron chi connectivity index (χ3n) is 8.18. The molecule has 1 N–H and O–H groups in total. The van der Waals surface area contributed by atoms with Gasteiger partial charge in [-0.15, -0.1) is 0 Å². The van der Waals surface area contributed by atoms with E-state index >= 15 is 0 Å². The average molecular weight is 662 g/mol. The Morgan fingerprint density at radius 3 is 1.98 bits per heavy atom. The van der Waals surface area contributed by atoms with Crippen molar-refractivity contribution in [2.24, 2.45) is 5.92 Å². The second kappa shape index (κ2) is 15.5. The van der Waals surface area contributed by atoms with Gasteiger partial charge in [-0.2, -0.15) is 0 Å². The number of nitrogens with zero attached hydrogens (tertiary/aromatic N) is 4. The van der Waals surface area contributed by atoms with Crippen molar-refractivity contribution in [2.75, 3.05) is 39.9 Å². The van der Waals surface area contributed by atoms with E-state index in [0.29, 0.717) is 16.8 Å². The van der Waals surface area contributed by atoms with Gasteiger partial charge in [0.1, 0.15) is 24.3 Å². The van der Waals surface area contributed by atoms with E-state index in [4.69, 9.17) is 9.47 Å². The largest absolute Gasteiger partial charge is 0.444 e. The van der Waals surface area contributed by atoms with Gasteiger partial charge in [-0.25, -0.2) is 4.79 Å². The third kappa shape index (κ3) is 8.41. The first kappa shape index (κ1) is 36.1. The number of nitrogens with one attached hydrogen (secondary N) is 1. The van der Waals surface area contributed by atoms with Gasteiger partial charge in [0.25, 0.3) is 11.8 Å². The first-order valence-corrected chi connectivity index (χ1v) is 16.2. The topological polar surface area (TPSA) is 129 Å². The molecule has 0 bridgehead atoms. The molecule has 3 atom stereocenters. The van der Waals surface area contributed by atoms with E-state index in [2.05, 4.69) is 5.32 Å². The molecular weight excluding hydrogens is 614 g/mol. The molecule has 1 unspecified atom stereocenters. The van der Waals surface area contributed by atoms with Crippen molar-refractivity contribution in [1.82, 2.24) is 24.9 Å². The number of hydrogen-bond acceptors (Lipinski definition) is 7. The Morgan fingerprint density at radius 1 is 0.896 bits per heavy atom. The number of hydrogen-bond donors (Lipinski definition) is 1. The summed E-state index contributed by atoms with van der Waals surface area (Å²) in [4.78, 5) is 74.8. The zero-order valence-corrected chi connectivity index (χ0v) is 28.8. The normalized spacial score (nSPS) is 18.3. The second-order valence-corrected chi connectivity index (χ2v) is 13.3. The van der Waals surface area contributed by atoms with Crippen molar-refractivity contribution in [3.8, 4) is 0 Å². The van der Waals surface area contributed by atoms with Gasteiger partial charge in [0.15, 0.2) is 0 Å². The van der Waals surface area contributed by atoms with E-state index in [1.165, 1.54) is 23.8 Å². The van der Waals surface area contributed by atoms with Crippen LogP contribution in [-0.4, -0.2) is 107 Å². The lowest BCUT2D eigenvalue weighted by molar-refractivity contribution is -0.153. The predicted octanol–water partition coefficient (Wildman–Crippen LogP) is 3.65. The van der Waals surface area contributed by atoms with Gasteiger partial charge in [0.2, 0.25) is 11.8 Å². The van der Waals surface area contributed by atoms with Crippen molar-refractivity contribution in [2.45, 2.75) is 65.3 Å². The number of rotatable bonds is 9. The number of amides is 5. The zero-order chi connectivity index (χ0) is 35.2. The van der Waals surface area contributed by atoms with Crippen LogP contribution in [0.1, 0.15) is 58.7 Å². The molecule has 0 aromatic heterocycles. The maximum atomic E-state index is 14.9. The molecule has 2 aromatic rings. The summed E-state index contributed by atoms with van der Waals surface area (Å²) in [5, 5.41) is 2.96. The Labute approximate surface area is 282 Å². The molecule has 2 aliphatic heterocycles. The molecule has 2 aromatic carbocycles. The number of piperazine rings is 1. The van der Waals surface area contributed by atoms with Crippen LogP contribution in [0.2, 0.25) is 0 Å². The number of ether oxygens (including phenoxy) is 2. The van der Waals surface area contributed by atoms with Gasteiger partial charge >= 0.3 is 6.09 Å². The quantitative estimate of drug-likeness (QED) is 0.435. The molecule has 0 radical (unpaired) electrons. The second-order valence-electron chi connectivity index (χ2n) is 13.3. The molecule has 0 spiro atoms. The van der Waals surface area contributed by atoms with Crippen molar-refractivity contribution in [1.29, 1.82) is 0 Å². The standard InChI is InChI=1S/C36H47N5O7/c1-24(2)31-34(45)41(28(26-14-10-8-11-15-26)22-40(31)29(43)23-47-7)32(30(37-25(3)42)27-16-12-9-13-17-27)33(44)38-18-20-39(21-19-38)35(46)48-36(4,5)6/h8-17,22,24,30-32H,18-21,23H2,1-7H3,(H,37,42)/t30?,31-,32-/m0/s1. The first-order chi connectivity index (χ1) is 22.7. The summed E-state index contributed by atoms with van der Waals surface area (Å²) in [6, 6.07) is 15.0. The molecule has 1 fully saturated rings. The molecule has 0 aliphatic carbocycles. The Bertz CT molecular complexity index is 1500. The van der Waals surface area contributed by atoms with Gasteiger partial charge in [0, 0.05) is 46.4 Å². The van der Waals surface area contributed by atoms with E-state index < -0.39 is 47.5 Å². The van der Waals surface area contributed by atoms with E-state index in [-0.39, 0.29) is 44.6 Å². The molecular formula is C36H47N5O7. The Morgan fingerprint density at radius 2 is 1.46 bits per heavy atom. The van der Waals surface area contributed by atoms with Gasteiger partial charge in [-0.3, -0.25) is 24.1 Å². The Hall–Kier alpha value is -4.71. The molecule has 48 heavy (non-hydrogen) atoms. The lowest BCUT2D eigenvalue weighted by Gasteiger charge is -2.47. The van der Waals surface area contributed by atoms with Gasteiger partial charge in [0.05, 0.1) is 11.7 Å². The number of benzene rings is 2. The highest BCUT2D eigenvalue weighted by atomic mass is 16.6. The van der Waals surface area contributed by atoms with Gasteiger partial charge in [-0.1, -0.05) is 74.5 Å². The van der Waals surface area contributed by atoms with E-state index in [9.17, 15) is 24.0 Å². The molecule has 2 heterocycles. The number of carbonyl (C=O) groups excluding carboxylic acids is 5. The van der Waals surface area contributed by atoms with E-state index in [1.807, 2.05) is 38.1 Å². The van der Waals surface area contributed by atoms with Crippen LogP contribution in [0.15, 0.2) is 66.9 Å². The molecule has 12 heteroatoms. The summed E-state index contributed by atoms with van der Waals surface area (Å²) in [5.41, 5.74) is 0.888. The van der Waals surface area contributed by atoms with Gasteiger partial charge < -0.3 is 29.5 Å². The zero-order valence-electron chi connectivity index (χ0n) is 28.8. The van der Waals surface area contributed by atoms with Crippen LogP contribution >= 0.6 is 0 Å². The Balaban J connectivity index is 1.87. The highest BCUT2D eigenvalue weighted by Gasteiger charge is 2.49. The molecule has 12 nitrogen and oxygen atoms in total. The summed E-state index contributed by atoms with van der Waals surface area (Å²) in [5.74, 6) is -1.99.